The van der Waals surface area contributed by atoms with Gasteiger partial charge in [0.1, 0.15) is 18.1 Å². The summed E-state index contributed by atoms with van der Waals surface area (Å²) >= 11 is 1.34. The third-order valence-electron chi connectivity index (χ3n) is 7.41. The topological polar surface area (TPSA) is 107 Å². The van der Waals surface area contributed by atoms with Gasteiger partial charge in [-0.2, -0.15) is 0 Å². The molecule has 0 bridgehead atoms. The van der Waals surface area contributed by atoms with Crippen molar-refractivity contribution < 1.29 is 42.8 Å². The second kappa shape index (κ2) is 14.1. The van der Waals surface area contributed by atoms with Crippen LogP contribution in [0.25, 0.3) is 11.1 Å². The number of esters is 2. The average Bonchev–Trinajstić information content (AvgIpc) is 3.34. The lowest BCUT2D eigenvalue weighted by molar-refractivity contribution is -0.234. The molecule has 1 saturated heterocycles. The summed E-state index contributed by atoms with van der Waals surface area (Å²) in [5.74, 6) is -0.921. The maximum absolute atomic E-state index is 13.3. The summed E-state index contributed by atoms with van der Waals surface area (Å²) in [6, 6.07) is 25.3. The largest absolute Gasteiger partial charge is 0.508 e. The Morgan fingerprint density at radius 3 is 2.05 bits per heavy atom. The van der Waals surface area contributed by atoms with Crippen LogP contribution in [0.5, 0.6) is 0 Å². The van der Waals surface area contributed by atoms with Gasteiger partial charge in [0.2, 0.25) is 0 Å². The van der Waals surface area contributed by atoms with E-state index in [-0.39, 0.29) is 19.1 Å². The smallest absolute Gasteiger partial charge is 0.467 e. The predicted octanol–water partition coefficient (Wildman–Crippen LogP) is 5.49. The molecular weight excluding hydrogens is 572 g/mol. The van der Waals surface area contributed by atoms with Crippen molar-refractivity contribution in [1.29, 1.82) is 0 Å². The van der Waals surface area contributed by atoms with Crippen molar-refractivity contribution in [3.8, 4) is 11.1 Å². The molecule has 1 unspecified atom stereocenters. The van der Waals surface area contributed by atoms with Crippen molar-refractivity contribution in [2.45, 2.75) is 56.2 Å². The lowest BCUT2D eigenvalue weighted by Gasteiger charge is -2.43. The van der Waals surface area contributed by atoms with E-state index in [1.54, 1.807) is 0 Å². The van der Waals surface area contributed by atoms with Crippen LogP contribution in [-0.4, -0.2) is 67.4 Å². The predicted molar refractivity (Wildman–Crippen MR) is 159 cm³/mol. The van der Waals surface area contributed by atoms with Gasteiger partial charge in [0.05, 0.1) is 13.7 Å². The molecule has 0 saturated carbocycles. The standard InChI is InChI=1S/C33H34O9S/c1-4-43-32-30(40-20(2)34)27(38-18-21-12-6-5-7-13-21)28(29(41-32)31(35)37-3)42-33(36)39-19-26-24-16-10-8-14-22(24)23-15-9-11-17-25(23)26/h5-17,26-30,32H,4,18-19H2,1-3H3/t27-,28-,29+,30+,32?/m0/s1. The van der Waals surface area contributed by atoms with Gasteiger partial charge in [-0.3, -0.25) is 4.79 Å². The summed E-state index contributed by atoms with van der Waals surface area (Å²) in [5.41, 5.74) is 4.33. The van der Waals surface area contributed by atoms with E-state index in [0.717, 1.165) is 27.8 Å². The molecule has 3 aromatic rings. The van der Waals surface area contributed by atoms with Gasteiger partial charge in [-0.15, -0.1) is 11.8 Å². The molecule has 1 heterocycles. The maximum atomic E-state index is 13.3. The number of rotatable bonds is 10. The third-order valence-corrected chi connectivity index (χ3v) is 8.45. The molecule has 0 radical (unpaired) electrons. The molecule has 43 heavy (non-hydrogen) atoms. The number of ether oxygens (including phenoxy) is 6. The van der Waals surface area contributed by atoms with Crippen molar-refractivity contribution in [3.05, 3.63) is 95.6 Å². The number of carbonyl (C=O) groups excluding carboxylic acids is 3. The van der Waals surface area contributed by atoms with Crippen LogP contribution in [0.3, 0.4) is 0 Å². The van der Waals surface area contributed by atoms with Crippen molar-refractivity contribution in [3.63, 3.8) is 0 Å². The first-order valence-electron chi connectivity index (χ1n) is 14.1. The van der Waals surface area contributed by atoms with E-state index in [0.29, 0.717) is 5.75 Å². The number of thioether (sulfide) groups is 1. The van der Waals surface area contributed by atoms with Crippen LogP contribution in [0, 0.1) is 0 Å². The van der Waals surface area contributed by atoms with Crippen LogP contribution < -0.4 is 0 Å². The lowest BCUT2D eigenvalue weighted by atomic mass is 9.98. The fourth-order valence-corrected chi connectivity index (χ4v) is 6.48. The van der Waals surface area contributed by atoms with Gasteiger partial charge in [0.25, 0.3) is 0 Å². The highest BCUT2D eigenvalue weighted by Gasteiger charge is 2.54. The molecule has 5 rings (SSSR count). The molecule has 1 aliphatic heterocycles. The molecule has 1 fully saturated rings. The van der Waals surface area contributed by atoms with Crippen LogP contribution in [0.1, 0.15) is 36.5 Å². The highest BCUT2D eigenvalue weighted by molar-refractivity contribution is 7.99. The molecule has 0 spiro atoms. The van der Waals surface area contributed by atoms with Gasteiger partial charge < -0.3 is 28.4 Å². The minimum Gasteiger partial charge on any atom is -0.467 e. The Balaban J connectivity index is 1.39. The summed E-state index contributed by atoms with van der Waals surface area (Å²) in [7, 11) is 1.22. The first-order valence-corrected chi connectivity index (χ1v) is 15.1. The molecule has 9 nitrogen and oxygen atoms in total. The summed E-state index contributed by atoms with van der Waals surface area (Å²) in [6.07, 6.45) is -5.74. The number of hydrogen-bond donors (Lipinski definition) is 0. The van der Waals surface area contributed by atoms with Gasteiger partial charge >= 0.3 is 18.1 Å². The fraction of sp³-hybridized carbons (Fsp3) is 0.364. The number of carbonyl (C=O) groups is 3. The van der Waals surface area contributed by atoms with Crippen LogP contribution in [0.4, 0.5) is 4.79 Å². The Morgan fingerprint density at radius 2 is 1.44 bits per heavy atom. The van der Waals surface area contributed by atoms with Gasteiger partial charge in [-0.05, 0) is 33.6 Å². The Labute approximate surface area is 254 Å². The second-order valence-corrected chi connectivity index (χ2v) is 11.5. The summed E-state index contributed by atoms with van der Waals surface area (Å²) in [4.78, 5) is 38.4. The molecule has 3 aromatic carbocycles. The normalized spacial score (nSPS) is 22.6. The number of benzene rings is 3. The molecule has 10 heteroatoms. The van der Waals surface area contributed by atoms with E-state index < -0.39 is 47.9 Å². The minimum absolute atomic E-state index is 0.0144. The van der Waals surface area contributed by atoms with Crippen LogP contribution >= 0.6 is 11.8 Å². The molecule has 226 valence electrons. The monoisotopic (exact) mass is 606 g/mol. The Morgan fingerprint density at radius 1 is 0.814 bits per heavy atom. The first kappa shape index (κ1) is 30.6. The minimum atomic E-state index is -1.35. The third kappa shape index (κ3) is 6.87. The number of fused-ring (bicyclic) bond motifs is 3. The van der Waals surface area contributed by atoms with Crippen LogP contribution in [0.2, 0.25) is 0 Å². The SMILES string of the molecule is CCSC1O[C@@H](C(=O)OC)[C@@H](OC(=O)OCC2c3ccccc3-c3ccccc32)[C@H](OCc2ccccc2)[C@H]1OC(C)=O. The average molecular weight is 607 g/mol. The van der Waals surface area contributed by atoms with E-state index in [1.807, 2.05) is 85.8 Å². The van der Waals surface area contributed by atoms with E-state index >= 15 is 0 Å². The maximum Gasteiger partial charge on any atom is 0.508 e. The zero-order valence-corrected chi connectivity index (χ0v) is 25.0. The van der Waals surface area contributed by atoms with Crippen molar-refractivity contribution in [2.24, 2.45) is 0 Å². The van der Waals surface area contributed by atoms with Crippen molar-refractivity contribution in [2.75, 3.05) is 19.5 Å². The van der Waals surface area contributed by atoms with Gasteiger partial charge in [0.15, 0.2) is 18.3 Å². The molecule has 1 aliphatic carbocycles. The molecule has 0 N–H and O–H groups in total. The summed E-state index contributed by atoms with van der Waals surface area (Å²) in [5, 5.41) is 0. The number of hydrogen-bond acceptors (Lipinski definition) is 10. The quantitative estimate of drug-likeness (QED) is 0.217. The molecular formula is C33H34O9S. The van der Waals surface area contributed by atoms with E-state index in [4.69, 9.17) is 28.4 Å². The van der Waals surface area contributed by atoms with Gasteiger partial charge in [-0.1, -0.05) is 85.8 Å². The number of methoxy groups -OCH3 is 1. The van der Waals surface area contributed by atoms with E-state index in [1.165, 1.54) is 25.8 Å². The summed E-state index contributed by atoms with van der Waals surface area (Å²) < 4.78 is 34.4. The Kier molecular flexibility index (Phi) is 10.0. The first-order chi connectivity index (χ1) is 20.9. The highest BCUT2D eigenvalue weighted by Crippen LogP contribution is 2.44. The Bertz CT molecular complexity index is 1380. The molecule has 2 aliphatic rings. The highest BCUT2D eigenvalue weighted by atomic mass is 32.2. The van der Waals surface area contributed by atoms with Crippen LogP contribution in [0.15, 0.2) is 78.9 Å². The van der Waals surface area contributed by atoms with Crippen LogP contribution in [-0.2, 0) is 44.6 Å². The summed E-state index contributed by atoms with van der Waals surface area (Å²) in [6.45, 7) is 3.30. The van der Waals surface area contributed by atoms with Crippen molar-refractivity contribution >= 4 is 29.9 Å². The lowest BCUT2D eigenvalue weighted by Crippen LogP contribution is -2.62. The van der Waals surface area contributed by atoms with Gasteiger partial charge in [-0.25, -0.2) is 9.59 Å². The van der Waals surface area contributed by atoms with E-state index in [9.17, 15) is 14.4 Å². The molecule has 0 aromatic heterocycles. The Hall–Kier alpha value is -3.86. The zero-order chi connectivity index (χ0) is 30.3. The zero-order valence-electron chi connectivity index (χ0n) is 24.2. The van der Waals surface area contributed by atoms with E-state index in [2.05, 4.69) is 0 Å². The second-order valence-electron chi connectivity index (χ2n) is 10.1. The fourth-order valence-electron chi connectivity index (χ4n) is 5.55. The van der Waals surface area contributed by atoms with Crippen molar-refractivity contribution in [1.82, 2.24) is 0 Å². The van der Waals surface area contributed by atoms with Gasteiger partial charge in [0, 0.05) is 12.8 Å². The molecule has 5 atom stereocenters. The molecule has 0 amide bonds.